The third-order valence-electron chi connectivity index (χ3n) is 3.84. The summed E-state index contributed by atoms with van der Waals surface area (Å²) < 4.78 is 11.0. The van der Waals surface area contributed by atoms with Crippen molar-refractivity contribution in [2.75, 3.05) is 26.1 Å². The number of rotatable bonds is 6. The van der Waals surface area contributed by atoms with Gasteiger partial charge in [0, 0.05) is 25.9 Å². The third kappa shape index (κ3) is 4.63. The Balaban J connectivity index is 1.95. The minimum atomic E-state index is -0.139. The Bertz CT molecular complexity index is 465. The Hall–Kier alpha value is -1.75. The predicted octanol–water partition coefficient (Wildman–Crippen LogP) is 2.18. The zero-order valence-corrected chi connectivity index (χ0v) is 12.7. The first-order valence-electron chi connectivity index (χ1n) is 7.45. The second-order valence-electron chi connectivity index (χ2n) is 5.30. The molecule has 0 heterocycles. The van der Waals surface area contributed by atoms with Crippen molar-refractivity contribution in [3.8, 4) is 5.75 Å². The zero-order valence-electron chi connectivity index (χ0n) is 12.7. The lowest BCUT2D eigenvalue weighted by molar-refractivity contribution is -0.122. The molecule has 2 rings (SSSR count). The van der Waals surface area contributed by atoms with Crippen LogP contribution in [0.3, 0.4) is 0 Å². The minimum Gasteiger partial charge on any atom is -0.484 e. The molecule has 21 heavy (non-hydrogen) atoms. The molecule has 2 N–H and O–H groups in total. The number of methoxy groups -OCH3 is 1. The van der Waals surface area contributed by atoms with Gasteiger partial charge in [0.15, 0.2) is 6.61 Å². The fraction of sp³-hybridized carbons (Fsp3) is 0.562. The number of benzene rings is 1. The first-order valence-corrected chi connectivity index (χ1v) is 7.45. The van der Waals surface area contributed by atoms with Crippen LogP contribution < -0.4 is 15.4 Å². The van der Waals surface area contributed by atoms with Crippen LogP contribution in [0.25, 0.3) is 0 Å². The molecule has 0 radical (unpaired) electrons. The van der Waals surface area contributed by atoms with E-state index in [4.69, 9.17) is 9.47 Å². The van der Waals surface area contributed by atoms with Gasteiger partial charge in [0.05, 0.1) is 12.1 Å². The van der Waals surface area contributed by atoms with Gasteiger partial charge in [-0.25, -0.2) is 0 Å². The lowest BCUT2D eigenvalue weighted by atomic mass is 9.92. The molecule has 2 atom stereocenters. The highest BCUT2D eigenvalue weighted by Crippen LogP contribution is 2.25. The van der Waals surface area contributed by atoms with E-state index in [9.17, 15) is 4.79 Å². The Morgan fingerprint density at radius 3 is 2.90 bits per heavy atom. The summed E-state index contributed by atoms with van der Waals surface area (Å²) in [6.07, 6.45) is 4.92. The number of likely N-dealkylation sites (N-methyl/N-ethyl adjacent to an activating group) is 1. The van der Waals surface area contributed by atoms with E-state index in [0.29, 0.717) is 11.8 Å². The summed E-state index contributed by atoms with van der Waals surface area (Å²) >= 11 is 0. The summed E-state index contributed by atoms with van der Waals surface area (Å²) in [6, 6.07) is 8.03. The standard InChI is InChI=1S/C16H24N2O3/c1-17-16(19)11-21-13-7-5-6-12(10-13)18-14-8-3-4-9-15(14)20-2/h5-7,10,14-15,18H,3-4,8-9,11H2,1-2H3,(H,17,19). The first-order chi connectivity index (χ1) is 10.2. The minimum absolute atomic E-state index is 0.0318. The smallest absolute Gasteiger partial charge is 0.257 e. The van der Waals surface area contributed by atoms with Gasteiger partial charge in [-0.15, -0.1) is 0 Å². The summed E-state index contributed by atoms with van der Waals surface area (Å²) in [5, 5.41) is 6.05. The predicted molar refractivity (Wildman–Crippen MR) is 82.7 cm³/mol. The van der Waals surface area contributed by atoms with E-state index < -0.39 is 0 Å². The molecule has 1 fully saturated rings. The van der Waals surface area contributed by atoms with E-state index in [-0.39, 0.29) is 18.6 Å². The maximum absolute atomic E-state index is 11.2. The molecule has 1 amide bonds. The van der Waals surface area contributed by atoms with E-state index in [2.05, 4.69) is 10.6 Å². The Morgan fingerprint density at radius 2 is 2.14 bits per heavy atom. The van der Waals surface area contributed by atoms with Gasteiger partial charge >= 0.3 is 0 Å². The number of anilines is 1. The number of amides is 1. The van der Waals surface area contributed by atoms with Gasteiger partial charge in [0.2, 0.25) is 0 Å². The molecule has 2 unspecified atom stereocenters. The molecule has 0 bridgehead atoms. The van der Waals surface area contributed by atoms with Crippen LogP contribution in [0.2, 0.25) is 0 Å². The highest BCUT2D eigenvalue weighted by atomic mass is 16.5. The normalized spacial score (nSPS) is 21.6. The highest BCUT2D eigenvalue weighted by molar-refractivity contribution is 5.77. The lowest BCUT2D eigenvalue weighted by Crippen LogP contribution is -2.37. The molecule has 0 aromatic heterocycles. The summed E-state index contributed by atoms with van der Waals surface area (Å²) in [5.41, 5.74) is 0.998. The number of carbonyl (C=O) groups is 1. The molecule has 5 nitrogen and oxygen atoms in total. The van der Waals surface area contributed by atoms with E-state index in [1.165, 1.54) is 12.8 Å². The van der Waals surface area contributed by atoms with Gasteiger partial charge in [-0.05, 0) is 25.0 Å². The molecule has 1 aromatic carbocycles. The van der Waals surface area contributed by atoms with Crippen LogP contribution in [0.4, 0.5) is 5.69 Å². The Labute approximate surface area is 126 Å². The van der Waals surface area contributed by atoms with Crippen molar-refractivity contribution in [2.24, 2.45) is 0 Å². The van der Waals surface area contributed by atoms with Crippen molar-refractivity contribution in [2.45, 2.75) is 37.8 Å². The largest absolute Gasteiger partial charge is 0.484 e. The highest BCUT2D eigenvalue weighted by Gasteiger charge is 2.24. The quantitative estimate of drug-likeness (QED) is 0.844. The third-order valence-corrected chi connectivity index (χ3v) is 3.84. The molecule has 5 heteroatoms. The van der Waals surface area contributed by atoms with Crippen LogP contribution in [-0.4, -0.2) is 38.8 Å². The molecule has 1 aliphatic rings. The first kappa shape index (κ1) is 15.6. The van der Waals surface area contributed by atoms with Crippen molar-refractivity contribution in [3.05, 3.63) is 24.3 Å². The van der Waals surface area contributed by atoms with Crippen molar-refractivity contribution in [1.82, 2.24) is 5.32 Å². The maximum atomic E-state index is 11.2. The van der Waals surface area contributed by atoms with E-state index >= 15 is 0 Å². The van der Waals surface area contributed by atoms with Crippen LogP contribution in [0.5, 0.6) is 5.75 Å². The van der Waals surface area contributed by atoms with E-state index in [1.807, 2.05) is 24.3 Å². The summed E-state index contributed by atoms with van der Waals surface area (Å²) in [6.45, 7) is 0.0318. The van der Waals surface area contributed by atoms with Gasteiger partial charge < -0.3 is 20.1 Å². The van der Waals surface area contributed by atoms with Crippen molar-refractivity contribution in [3.63, 3.8) is 0 Å². The average Bonchev–Trinajstić information content (AvgIpc) is 2.53. The van der Waals surface area contributed by atoms with Gasteiger partial charge in [0.25, 0.3) is 5.91 Å². The SMILES string of the molecule is CNC(=O)COc1cccc(NC2CCCCC2OC)c1. The summed E-state index contributed by atoms with van der Waals surface area (Å²) in [5.74, 6) is 0.550. The molecule has 0 saturated heterocycles. The molecule has 0 aliphatic heterocycles. The van der Waals surface area contributed by atoms with Crippen LogP contribution in [0, 0.1) is 0 Å². The van der Waals surface area contributed by atoms with E-state index in [0.717, 1.165) is 18.5 Å². The van der Waals surface area contributed by atoms with Crippen molar-refractivity contribution in [1.29, 1.82) is 0 Å². The molecule has 0 spiro atoms. The van der Waals surface area contributed by atoms with Crippen LogP contribution in [-0.2, 0) is 9.53 Å². The number of hydrogen-bond acceptors (Lipinski definition) is 4. The molecule has 1 aliphatic carbocycles. The molecular formula is C16H24N2O3. The monoisotopic (exact) mass is 292 g/mol. The van der Waals surface area contributed by atoms with Crippen molar-refractivity contribution >= 4 is 11.6 Å². The molecule has 1 saturated carbocycles. The number of nitrogens with one attached hydrogen (secondary N) is 2. The van der Waals surface area contributed by atoms with Crippen LogP contribution in [0.1, 0.15) is 25.7 Å². The topological polar surface area (TPSA) is 59.6 Å². The van der Waals surface area contributed by atoms with Crippen LogP contribution >= 0.6 is 0 Å². The summed E-state index contributed by atoms with van der Waals surface area (Å²) in [4.78, 5) is 11.2. The molecule has 1 aromatic rings. The van der Waals surface area contributed by atoms with Gasteiger partial charge in [0.1, 0.15) is 5.75 Å². The average molecular weight is 292 g/mol. The van der Waals surface area contributed by atoms with Crippen molar-refractivity contribution < 1.29 is 14.3 Å². The fourth-order valence-electron chi connectivity index (χ4n) is 2.65. The van der Waals surface area contributed by atoms with Gasteiger partial charge in [-0.1, -0.05) is 18.9 Å². The van der Waals surface area contributed by atoms with E-state index in [1.54, 1.807) is 14.2 Å². The molecular weight excluding hydrogens is 268 g/mol. The second kappa shape index (κ2) is 7.88. The maximum Gasteiger partial charge on any atom is 0.257 e. The fourth-order valence-corrected chi connectivity index (χ4v) is 2.65. The van der Waals surface area contributed by atoms with Gasteiger partial charge in [-0.2, -0.15) is 0 Å². The number of hydrogen-bond donors (Lipinski definition) is 2. The van der Waals surface area contributed by atoms with Crippen LogP contribution in [0.15, 0.2) is 24.3 Å². The molecule has 116 valence electrons. The number of carbonyl (C=O) groups excluding carboxylic acids is 1. The Kier molecular flexibility index (Phi) is 5.87. The summed E-state index contributed by atoms with van der Waals surface area (Å²) in [7, 11) is 3.37. The Morgan fingerprint density at radius 1 is 1.33 bits per heavy atom. The lowest BCUT2D eigenvalue weighted by Gasteiger charge is -2.31. The second-order valence-corrected chi connectivity index (χ2v) is 5.30. The number of ether oxygens (including phenoxy) is 2. The zero-order chi connectivity index (χ0) is 15.1. The van der Waals surface area contributed by atoms with Gasteiger partial charge in [-0.3, -0.25) is 4.79 Å².